The second kappa shape index (κ2) is 9.94. The van der Waals surface area contributed by atoms with Gasteiger partial charge >= 0.3 is 0 Å². The van der Waals surface area contributed by atoms with E-state index in [9.17, 15) is 9.90 Å². The summed E-state index contributed by atoms with van der Waals surface area (Å²) < 4.78 is 5.73. The van der Waals surface area contributed by atoms with E-state index in [4.69, 9.17) is 16.0 Å². The number of carbonyl (C=O) groups is 1. The zero-order valence-electron chi connectivity index (χ0n) is 16.9. The first-order chi connectivity index (χ1) is 15.5. The third-order valence-electron chi connectivity index (χ3n) is 4.93. The molecule has 0 unspecified atom stereocenters. The standard InChI is InChI=1S/C25H20BrClN2O3/c26-21-14-16(12-17-4-1-2-5-22(17)27)13-18(24(21)30)15-28-19-7-9-20(10-8-19)29-25(31)23-6-3-11-32-23/h1-11,13-14,28,30H,12,15H2,(H,29,31). The lowest BCUT2D eigenvalue weighted by Crippen LogP contribution is -2.10. The lowest BCUT2D eigenvalue weighted by atomic mass is 10.0. The van der Waals surface area contributed by atoms with Crippen molar-refractivity contribution in [2.24, 2.45) is 0 Å². The summed E-state index contributed by atoms with van der Waals surface area (Å²) in [5.41, 5.74) is 4.34. The second-order valence-corrected chi connectivity index (χ2v) is 8.48. The summed E-state index contributed by atoms with van der Waals surface area (Å²) in [6.45, 7) is 0.429. The maximum absolute atomic E-state index is 12.1. The van der Waals surface area contributed by atoms with Crippen molar-refractivity contribution >= 4 is 44.8 Å². The normalized spacial score (nSPS) is 10.7. The van der Waals surface area contributed by atoms with Gasteiger partial charge in [-0.15, -0.1) is 0 Å². The Bertz CT molecular complexity index is 1220. The molecule has 0 saturated heterocycles. The van der Waals surface area contributed by atoms with Crippen LogP contribution in [0, 0.1) is 0 Å². The summed E-state index contributed by atoms with van der Waals surface area (Å²) in [5.74, 6) is 0.147. The van der Waals surface area contributed by atoms with Crippen molar-refractivity contribution in [1.82, 2.24) is 0 Å². The van der Waals surface area contributed by atoms with Crippen LogP contribution in [0.25, 0.3) is 0 Å². The van der Waals surface area contributed by atoms with E-state index < -0.39 is 0 Å². The predicted octanol–water partition coefficient (Wildman–Crippen LogP) is 6.86. The van der Waals surface area contributed by atoms with Crippen LogP contribution in [0.5, 0.6) is 5.75 Å². The monoisotopic (exact) mass is 510 g/mol. The zero-order chi connectivity index (χ0) is 22.5. The van der Waals surface area contributed by atoms with Gasteiger partial charge in [0, 0.05) is 28.5 Å². The first-order valence-corrected chi connectivity index (χ1v) is 11.1. The van der Waals surface area contributed by atoms with Crippen LogP contribution in [0.15, 0.2) is 87.9 Å². The van der Waals surface area contributed by atoms with Crippen molar-refractivity contribution in [1.29, 1.82) is 0 Å². The van der Waals surface area contributed by atoms with Crippen molar-refractivity contribution in [3.8, 4) is 5.75 Å². The van der Waals surface area contributed by atoms with Crippen LogP contribution >= 0.6 is 27.5 Å². The number of anilines is 2. The van der Waals surface area contributed by atoms with Crippen molar-refractivity contribution in [3.63, 3.8) is 0 Å². The van der Waals surface area contributed by atoms with E-state index in [2.05, 4.69) is 26.6 Å². The lowest BCUT2D eigenvalue weighted by molar-refractivity contribution is 0.0996. The number of nitrogens with one attached hydrogen (secondary N) is 2. The van der Waals surface area contributed by atoms with Crippen molar-refractivity contribution in [2.75, 3.05) is 10.6 Å². The maximum atomic E-state index is 12.1. The second-order valence-electron chi connectivity index (χ2n) is 7.22. The van der Waals surface area contributed by atoms with Crippen molar-refractivity contribution in [3.05, 3.63) is 111 Å². The molecule has 7 heteroatoms. The summed E-state index contributed by atoms with van der Waals surface area (Å²) in [7, 11) is 0. The molecule has 0 saturated carbocycles. The molecule has 4 aromatic rings. The number of rotatable bonds is 7. The Balaban J connectivity index is 1.42. The van der Waals surface area contributed by atoms with Gasteiger partial charge in [0.15, 0.2) is 5.76 Å². The molecule has 0 aliphatic heterocycles. The first kappa shape index (κ1) is 22.0. The molecule has 4 rings (SSSR count). The van der Waals surface area contributed by atoms with Crippen LogP contribution in [-0.2, 0) is 13.0 Å². The fraction of sp³-hybridized carbons (Fsp3) is 0.0800. The van der Waals surface area contributed by atoms with Crippen LogP contribution in [0.4, 0.5) is 11.4 Å². The highest BCUT2D eigenvalue weighted by atomic mass is 79.9. The van der Waals surface area contributed by atoms with Crippen LogP contribution in [-0.4, -0.2) is 11.0 Å². The fourth-order valence-corrected chi connectivity index (χ4v) is 4.04. The average molecular weight is 512 g/mol. The molecule has 32 heavy (non-hydrogen) atoms. The molecule has 0 aliphatic rings. The van der Waals surface area contributed by atoms with Gasteiger partial charge in [0.1, 0.15) is 5.75 Å². The highest BCUT2D eigenvalue weighted by molar-refractivity contribution is 9.10. The van der Waals surface area contributed by atoms with Gasteiger partial charge < -0.3 is 20.2 Å². The number of aromatic hydroxyl groups is 1. The highest BCUT2D eigenvalue weighted by Crippen LogP contribution is 2.32. The summed E-state index contributed by atoms with van der Waals surface area (Å²) in [6, 6.07) is 22.2. The predicted molar refractivity (Wildman–Crippen MR) is 130 cm³/mol. The van der Waals surface area contributed by atoms with Crippen LogP contribution < -0.4 is 10.6 Å². The molecule has 5 nitrogen and oxygen atoms in total. The summed E-state index contributed by atoms with van der Waals surface area (Å²) in [5, 5.41) is 17.3. The Morgan fingerprint density at radius 3 is 2.44 bits per heavy atom. The molecule has 0 atom stereocenters. The molecule has 1 aromatic heterocycles. The highest BCUT2D eigenvalue weighted by Gasteiger charge is 2.11. The smallest absolute Gasteiger partial charge is 0.291 e. The third kappa shape index (κ3) is 5.33. The number of halogens is 2. The lowest BCUT2D eigenvalue weighted by Gasteiger charge is -2.13. The summed E-state index contributed by atoms with van der Waals surface area (Å²) in [6.07, 6.45) is 2.12. The minimum atomic E-state index is -0.305. The third-order valence-corrected chi connectivity index (χ3v) is 5.90. The average Bonchev–Trinajstić information content (AvgIpc) is 3.33. The van der Waals surface area contributed by atoms with Crippen LogP contribution in [0.1, 0.15) is 27.2 Å². The van der Waals surface area contributed by atoms with E-state index in [0.717, 1.165) is 27.4 Å². The molecule has 0 radical (unpaired) electrons. The summed E-state index contributed by atoms with van der Waals surface area (Å²) >= 11 is 9.74. The number of hydrogen-bond donors (Lipinski definition) is 3. The largest absolute Gasteiger partial charge is 0.506 e. The topological polar surface area (TPSA) is 74.5 Å². The molecule has 1 amide bonds. The first-order valence-electron chi connectivity index (χ1n) is 9.92. The van der Waals surface area contributed by atoms with E-state index in [1.54, 1.807) is 24.3 Å². The fourth-order valence-electron chi connectivity index (χ4n) is 3.29. The molecule has 3 N–H and O–H groups in total. The number of benzene rings is 3. The summed E-state index contributed by atoms with van der Waals surface area (Å²) in [4.78, 5) is 12.1. The van der Waals surface area contributed by atoms with Gasteiger partial charge in [0.2, 0.25) is 0 Å². The maximum Gasteiger partial charge on any atom is 0.291 e. The Kier molecular flexibility index (Phi) is 6.83. The SMILES string of the molecule is O=C(Nc1ccc(NCc2cc(Cc3ccccc3Cl)cc(Br)c2O)cc1)c1ccco1. The molecule has 0 fully saturated rings. The van der Waals surface area contributed by atoms with Crippen LogP contribution in [0.3, 0.4) is 0 Å². The zero-order valence-corrected chi connectivity index (χ0v) is 19.3. The van der Waals surface area contributed by atoms with E-state index in [0.29, 0.717) is 23.1 Å². The van der Waals surface area contributed by atoms with Gasteiger partial charge in [0.25, 0.3) is 5.91 Å². The van der Waals surface area contributed by atoms with E-state index >= 15 is 0 Å². The molecule has 1 heterocycles. The van der Waals surface area contributed by atoms with Gasteiger partial charge in [-0.2, -0.15) is 0 Å². The van der Waals surface area contributed by atoms with E-state index in [-0.39, 0.29) is 17.4 Å². The van der Waals surface area contributed by atoms with E-state index in [1.807, 2.05) is 48.5 Å². The quantitative estimate of drug-likeness (QED) is 0.253. The molecule has 3 aromatic carbocycles. The number of carbonyl (C=O) groups excluding carboxylic acids is 1. The minimum Gasteiger partial charge on any atom is -0.506 e. The van der Waals surface area contributed by atoms with Gasteiger partial charge in [-0.25, -0.2) is 0 Å². The molecule has 0 spiro atoms. The molecular formula is C25H20BrClN2O3. The van der Waals surface area contributed by atoms with Gasteiger partial charge in [-0.05, 0) is 88.1 Å². The Morgan fingerprint density at radius 1 is 0.969 bits per heavy atom. The molecule has 0 bridgehead atoms. The number of furan rings is 1. The van der Waals surface area contributed by atoms with Crippen molar-refractivity contribution < 1.29 is 14.3 Å². The van der Waals surface area contributed by atoms with Crippen molar-refractivity contribution in [2.45, 2.75) is 13.0 Å². The van der Waals surface area contributed by atoms with Gasteiger partial charge in [-0.3, -0.25) is 4.79 Å². The Hall–Kier alpha value is -3.22. The molecular weight excluding hydrogens is 492 g/mol. The minimum absolute atomic E-state index is 0.197. The molecule has 162 valence electrons. The van der Waals surface area contributed by atoms with Gasteiger partial charge in [-0.1, -0.05) is 29.8 Å². The number of amides is 1. The Morgan fingerprint density at radius 2 is 1.72 bits per heavy atom. The number of phenols is 1. The number of phenolic OH excluding ortho intramolecular Hbond substituents is 1. The van der Waals surface area contributed by atoms with Crippen LogP contribution in [0.2, 0.25) is 5.02 Å². The van der Waals surface area contributed by atoms with Gasteiger partial charge in [0.05, 0.1) is 10.7 Å². The molecule has 0 aliphatic carbocycles. The Labute approximate surface area is 199 Å². The number of hydrogen-bond acceptors (Lipinski definition) is 4. The van der Waals surface area contributed by atoms with E-state index in [1.165, 1.54) is 6.26 Å².